The number of carbonyl (C=O) groups excluding carboxylic acids is 1. The molecule has 0 rings (SSSR count). The second-order valence-corrected chi connectivity index (χ2v) is 7.02. The van der Waals surface area contributed by atoms with Crippen molar-refractivity contribution >= 4 is 14.5 Å². The maximum atomic E-state index is 9.82. The Kier molecular flexibility index (Phi) is 9.66. The third-order valence-electron chi connectivity index (χ3n) is 1.99. The van der Waals surface area contributed by atoms with Crippen LogP contribution in [-0.2, 0) is 13.6 Å². The molecule has 0 saturated heterocycles. The Balaban J connectivity index is 0. The van der Waals surface area contributed by atoms with Crippen molar-refractivity contribution in [3.63, 3.8) is 0 Å². The Morgan fingerprint density at radius 2 is 1.73 bits per heavy atom. The van der Waals surface area contributed by atoms with E-state index in [2.05, 4.69) is 20.0 Å². The van der Waals surface area contributed by atoms with Gasteiger partial charge in [-0.05, 0) is 19.5 Å². The van der Waals surface area contributed by atoms with E-state index in [4.69, 9.17) is 14.6 Å². The Morgan fingerprint density at radius 1 is 1.40 bits per heavy atom. The van der Waals surface area contributed by atoms with Gasteiger partial charge in [-0.15, -0.1) is 0 Å². The minimum absolute atomic E-state index is 0.398. The van der Waals surface area contributed by atoms with E-state index in [9.17, 15) is 4.79 Å². The lowest BCUT2D eigenvalue weighted by Crippen LogP contribution is -2.35. The smallest absolute Gasteiger partial charge is 0.334 e. The predicted molar refractivity (Wildman–Crippen MR) is 64.7 cm³/mol. The molecule has 1 amide bonds. The number of amides is 1. The summed E-state index contributed by atoms with van der Waals surface area (Å²) >= 11 is 0. The van der Waals surface area contributed by atoms with Gasteiger partial charge in [0.2, 0.25) is 5.91 Å². The molecule has 0 saturated carbocycles. The molecule has 0 aromatic carbocycles. The molecule has 4 nitrogen and oxygen atoms in total. The Bertz CT molecular complexity index is 191. The molecule has 0 heterocycles. The summed E-state index contributed by atoms with van der Waals surface area (Å²) in [5.74, 6) is -0.435. The van der Waals surface area contributed by atoms with Crippen molar-refractivity contribution in [2.24, 2.45) is 5.73 Å². The van der Waals surface area contributed by atoms with Crippen LogP contribution in [0.3, 0.4) is 0 Å². The zero-order valence-electron chi connectivity index (χ0n) is 10.4. The van der Waals surface area contributed by atoms with Crippen LogP contribution in [0.4, 0.5) is 0 Å². The molecule has 0 aliphatic heterocycles. The normalized spacial score (nSPS) is 10.2. The summed E-state index contributed by atoms with van der Waals surface area (Å²) < 4.78 is 10.5. The van der Waals surface area contributed by atoms with Crippen molar-refractivity contribution in [1.82, 2.24) is 0 Å². The summed E-state index contributed by atoms with van der Waals surface area (Å²) in [5.41, 5.74) is 5.09. The molecule has 0 bridgehead atoms. The number of carbonyl (C=O) groups is 1. The number of rotatable bonds is 5. The van der Waals surface area contributed by atoms with Gasteiger partial charge in [0.05, 0.1) is 0 Å². The van der Waals surface area contributed by atoms with Crippen molar-refractivity contribution in [3.8, 4) is 0 Å². The third-order valence-corrected chi connectivity index (χ3v) is 5.12. The first-order valence-corrected chi connectivity index (χ1v) is 7.41. The van der Waals surface area contributed by atoms with E-state index in [1.54, 1.807) is 21.1 Å². The zero-order valence-corrected chi connectivity index (χ0v) is 11.4. The van der Waals surface area contributed by atoms with E-state index in [1.807, 2.05) is 0 Å². The maximum absolute atomic E-state index is 9.82. The van der Waals surface area contributed by atoms with Gasteiger partial charge >= 0.3 is 8.56 Å². The highest BCUT2D eigenvalue weighted by Gasteiger charge is 2.26. The van der Waals surface area contributed by atoms with Crippen molar-refractivity contribution < 1.29 is 13.6 Å². The third kappa shape index (κ3) is 9.65. The molecule has 90 valence electrons. The highest BCUT2D eigenvalue weighted by molar-refractivity contribution is 6.65. The summed E-state index contributed by atoms with van der Waals surface area (Å²) in [6.07, 6.45) is 1.14. The van der Waals surface area contributed by atoms with E-state index < -0.39 is 14.5 Å². The first-order valence-electron chi connectivity index (χ1n) is 4.88. The highest BCUT2D eigenvalue weighted by Crippen LogP contribution is 2.12. The zero-order chi connectivity index (χ0) is 12.5. The van der Waals surface area contributed by atoms with Gasteiger partial charge < -0.3 is 14.6 Å². The molecule has 0 aromatic heterocycles. The predicted octanol–water partition coefficient (Wildman–Crippen LogP) is 1.81. The summed E-state index contributed by atoms with van der Waals surface area (Å²) in [5, 5.41) is 0. The van der Waals surface area contributed by atoms with Crippen LogP contribution in [0.15, 0.2) is 12.2 Å². The van der Waals surface area contributed by atoms with Crippen molar-refractivity contribution in [3.05, 3.63) is 12.2 Å². The molecule has 0 atom stereocenters. The molecule has 0 fully saturated rings. The number of nitrogens with two attached hydrogens (primary N) is 1. The Hall–Kier alpha value is -0.653. The first kappa shape index (κ1) is 16.8. The lowest BCUT2D eigenvalue weighted by molar-refractivity contribution is -0.114. The van der Waals surface area contributed by atoms with E-state index in [1.165, 1.54) is 0 Å². The van der Waals surface area contributed by atoms with Gasteiger partial charge in [0.25, 0.3) is 0 Å². The first-order chi connectivity index (χ1) is 6.82. The van der Waals surface area contributed by atoms with Crippen LogP contribution in [0, 0.1) is 0 Å². The summed E-state index contributed by atoms with van der Waals surface area (Å²) in [6.45, 7) is 9.07. The van der Waals surface area contributed by atoms with Gasteiger partial charge in [-0.2, -0.15) is 0 Å². The molecule has 0 unspecified atom stereocenters. The molecule has 0 radical (unpaired) electrons. The molecule has 0 aliphatic rings. The van der Waals surface area contributed by atoms with Crippen molar-refractivity contribution in [2.45, 2.75) is 32.9 Å². The van der Waals surface area contributed by atoms with Gasteiger partial charge in [0, 0.05) is 19.8 Å². The van der Waals surface area contributed by atoms with Gasteiger partial charge in [-0.3, -0.25) is 4.79 Å². The van der Waals surface area contributed by atoms with Crippen LogP contribution >= 0.6 is 0 Å². The second-order valence-electron chi connectivity index (χ2n) is 3.44. The molecule has 0 spiro atoms. The SMILES string of the molecule is C=C(C)C(N)=O.CCC[Si](C)(OC)OC. The van der Waals surface area contributed by atoms with Crippen LogP contribution < -0.4 is 5.73 Å². The van der Waals surface area contributed by atoms with Gasteiger partial charge in [0.1, 0.15) is 0 Å². The fraction of sp³-hybridized carbons (Fsp3) is 0.700. The molecule has 0 aliphatic carbocycles. The average Bonchev–Trinajstić information content (AvgIpc) is 2.19. The quantitative estimate of drug-likeness (QED) is 0.582. The second kappa shape index (κ2) is 8.64. The number of hydrogen-bond acceptors (Lipinski definition) is 3. The maximum Gasteiger partial charge on any atom is 0.334 e. The van der Waals surface area contributed by atoms with Crippen molar-refractivity contribution in [2.75, 3.05) is 14.2 Å². The monoisotopic (exact) mass is 233 g/mol. The highest BCUT2D eigenvalue weighted by atomic mass is 28.4. The lowest BCUT2D eigenvalue weighted by atomic mass is 10.3. The largest absolute Gasteiger partial charge is 0.398 e. The van der Waals surface area contributed by atoms with Crippen molar-refractivity contribution in [1.29, 1.82) is 0 Å². The minimum atomic E-state index is -1.70. The molecule has 5 heteroatoms. The van der Waals surface area contributed by atoms with E-state index in [0.29, 0.717) is 5.57 Å². The molecule has 15 heavy (non-hydrogen) atoms. The van der Waals surface area contributed by atoms with E-state index in [-0.39, 0.29) is 0 Å². The topological polar surface area (TPSA) is 61.6 Å². The number of hydrogen-bond donors (Lipinski definition) is 1. The van der Waals surface area contributed by atoms with Gasteiger partial charge in [0.15, 0.2) is 0 Å². The number of primary amides is 1. The fourth-order valence-electron chi connectivity index (χ4n) is 0.742. The molecular weight excluding hydrogens is 210 g/mol. The molecule has 0 aromatic rings. The molecule has 2 N–H and O–H groups in total. The van der Waals surface area contributed by atoms with Crippen LogP contribution in [0.5, 0.6) is 0 Å². The standard InChI is InChI=1S/C6H16O2Si.C4H7NO/c1-5-6-9(4,7-2)8-3;1-3(2)4(5)6/h5-6H2,1-4H3;1H2,2H3,(H2,5,6). The minimum Gasteiger partial charge on any atom is -0.398 e. The van der Waals surface area contributed by atoms with Crippen LogP contribution in [-0.4, -0.2) is 28.7 Å². The Labute approximate surface area is 93.7 Å². The van der Waals surface area contributed by atoms with Gasteiger partial charge in [-0.25, -0.2) is 0 Å². The summed E-state index contributed by atoms with van der Waals surface area (Å²) in [7, 11) is 1.76. The fourth-order valence-corrected chi connectivity index (χ4v) is 2.22. The van der Waals surface area contributed by atoms with Crippen LogP contribution in [0.2, 0.25) is 12.6 Å². The van der Waals surface area contributed by atoms with E-state index >= 15 is 0 Å². The average molecular weight is 233 g/mol. The summed E-state index contributed by atoms with van der Waals surface area (Å²) in [6, 6.07) is 1.08. The summed E-state index contributed by atoms with van der Waals surface area (Å²) in [4.78, 5) is 9.82. The lowest BCUT2D eigenvalue weighted by Gasteiger charge is -2.21. The molecular formula is C10H23NO3Si. The van der Waals surface area contributed by atoms with E-state index in [0.717, 1.165) is 12.5 Å². The van der Waals surface area contributed by atoms with Crippen LogP contribution in [0.1, 0.15) is 20.3 Å². The van der Waals surface area contributed by atoms with Crippen LogP contribution in [0.25, 0.3) is 0 Å². The Morgan fingerprint density at radius 3 is 1.80 bits per heavy atom. The van der Waals surface area contributed by atoms with Gasteiger partial charge in [-0.1, -0.05) is 19.9 Å².